The van der Waals surface area contributed by atoms with Gasteiger partial charge in [0, 0.05) is 30.8 Å². The summed E-state index contributed by atoms with van der Waals surface area (Å²) in [5.74, 6) is 1.61. The Labute approximate surface area is 138 Å². The predicted octanol–water partition coefficient (Wildman–Crippen LogP) is 3.16. The second-order valence-corrected chi connectivity index (χ2v) is 8.89. The van der Waals surface area contributed by atoms with Crippen molar-refractivity contribution in [3.8, 4) is 0 Å². The summed E-state index contributed by atoms with van der Waals surface area (Å²) in [5, 5.41) is 9.96. The van der Waals surface area contributed by atoms with Gasteiger partial charge in [0.25, 0.3) is 0 Å². The van der Waals surface area contributed by atoms with Crippen molar-refractivity contribution in [1.29, 1.82) is 0 Å². The topological polar surface area (TPSA) is 54.4 Å². The molecule has 0 spiro atoms. The van der Waals surface area contributed by atoms with Crippen molar-refractivity contribution in [2.24, 2.45) is 40.4 Å². The molecule has 0 radical (unpaired) electrons. The molecular formula is C20H28O3. The van der Waals surface area contributed by atoms with Crippen LogP contribution in [0.3, 0.4) is 0 Å². The molecule has 2 unspecified atom stereocenters. The van der Waals surface area contributed by atoms with E-state index in [4.69, 9.17) is 0 Å². The molecule has 1 N–H and O–H groups in total. The highest BCUT2D eigenvalue weighted by Crippen LogP contribution is 2.64. The minimum atomic E-state index is -0.532. The minimum Gasteiger partial charge on any atom is -0.396 e. The first-order chi connectivity index (χ1) is 10.9. The van der Waals surface area contributed by atoms with Gasteiger partial charge in [0.05, 0.1) is 0 Å². The maximum absolute atomic E-state index is 12.9. The first kappa shape index (κ1) is 15.6. The first-order valence-corrected chi connectivity index (χ1v) is 9.26. The normalized spacial score (nSPS) is 52.0. The van der Waals surface area contributed by atoms with E-state index in [1.54, 1.807) is 0 Å². The summed E-state index contributed by atoms with van der Waals surface area (Å²) in [7, 11) is 0. The van der Waals surface area contributed by atoms with Gasteiger partial charge in [-0.15, -0.1) is 0 Å². The van der Waals surface area contributed by atoms with Gasteiger partial charge >= 0.3 is 0 Å². The zero-order valence-electron chi connectivity index (χ0n) is 14.3. The quantitative estimate of drug-likeness (QED) is 0.756. The molecule has 0 aromatic carbocycles. The van der Waals surface area contributed by atoms with Crippen molar-refractivity contribution in [2.75, 3.05) is 6.61 Å². The number of carbonyl (C=O) groups excluding carboxylic acids is 2. The maximum Gasteiger partial charge on any atom is 0.140 e. The summed E-state index contributed by atoms with van der Waals surface area (Å²) in [6.07, 6.45) is 9.67. The molecule has 3 nitrogen and oxygen atoms in total. The highest BCUT2D eigenvalue weighted by atomic mass is 16.3. The molecule has 7 atom stereocenters. The van der Waals surface area contributed by atoms with Crippen LogP contribution < -0.4 is 0 Å². The fourth-order valence-electron chi connectivity index (χ4n) is 6.87. The van der Waals surface area contributed by atoms with Crippen LogP contribution >= 0.6 is 0 Å². The van der Waals surface area contributed by atoms with Gasteiger partial charge in [0.1, 0.15) is 11.6 Å². The lowest BCUT2D eigenvalue weighted by molar-refractivity contribution is -0.171. The Morgan fingerprint density at radius 3 is 2.74 bits per heavy atom. The molecule has 0 heterocycles. The molecule has 0 aromatic rings. The van der Waals surface area contributed by atoms with Crippen LogP contribution in [0.25, 0.3) is 0 Å². The molecule has 126 valence electrons. The summed E-state index contributed by atoms with van der Waals surface area (Å²) < 4.78 is 0. The van der Waals surface area contributed by atoms with Gasteiger partial charge in [-0.2, -0.15) is 0 Å². The van der Waals surface area contributed by atoms with Crippen molar-refractivity contribution in [2.45, 2.75) is 52.4 Å². The Morgan fingerprint density at radius 1 is 1.22 bits per heavy atom. The highest BCUT2D eigenvalue weighted by Gasteiger charge is 2.63. The lowest BCUT2D eigenvalue weighted by Gasteiger charge is -2.60. The standard InChI is InChI=1S/C20H28O3/c1-19-8-3-4-14(19)13-10-12(11-21)18-16(22)5-6-17(23)20(18,2)15(13)7-9-19/h3,8,12-15,18,21H,4-7,9-11H2,1-2H3/t12?,13-,14-,15-,18?,19-,20-/m0/s1. The predicted molar refractivity (Wildman–Crippen MR) is 87.6 cm³/mol. The van der Waals surface area contributed by atoms with E-state index in [1.807, 2.05) is 0 Å². The summed E-state index contributed by atoms with van der Waals surface area (Å²) in [4.78, 5) is 25.6. The van der Waals surface area contributed by atoms with E-state index >= 15 is 0 Å². The van der Waals surface area contributed by atoms with E-state index in [9.17, 15) is 14.7 Å². The van der Waals surface area contributed by atoms with E-state index in [2.05, 4.69) is 26.0 Å². The smallest absolute Gasteiger partial charge is 0.140 e. The van der Waals surface area contributed by atoms with Crippen LogP contribution in [0.2, 0.25) is 0 Å². The number of fused-ring (bicyclic) bond motifs is 5. The van der Waals surface area contributed by atoms with Gasteiger partial charge in [0.15, 0.2) is 0 Å². The lowest BCUT2D eigenvalue weighted by atomic mass is 9.43. The zero-order valence-corrected chi connectivity index (χ0v) is 14.3. The molecule has 3 fully saturated rings. The van der Waals surface area contributed by atoms with Crippen LogP contribution in [0, 0.1) is 40.4 Å². The molecule has 4 aliphatic carbocycles. The summed E-state index contributed by atoms with van der Waals surface area (Å²) in [6, 6.07) is 0. The second kappa shape index (κ2) is 5.02. The average molecular weight is 316 g/mol. The van der Waals surface area contributed by atoms with Crippen LogP contribution in [0.4, 0.5) is 0 Å². The molecule has 0 aliphatic heterocycles. The fourth-order valence-corrected chi connectivity index (χ4v) is 6.87. The second-order valence-electron chi connectivity index (χ2n) is 8.89. The van der Waals surface area contributed by atoms with Crippen molar-refractivity contribution >= 4 is 11.6 Å². The molecule has 4 aliphatic rings. The van der Waals surface area contributed by atoms with Gasteiger partial charge in [-0.25, -0.2) is 0 Å². The molecule has 0 aromatic heterocycles. The summed E-state index contributed by atoms with van der Waals surface area (Å²) in [5.41, 5.74) is -0.276. The number of aliphatic hydroxyl groups excluding tert-OH is 1. The zero-order chi connectivity index (χ0) is 16.4. The van der Waals surface area contributed by atoms with Gasteiger partial charge in [-0.3, -0.25) is 9.59 Å². The van der Waals surface area contributed by atoms with E-state index < -0.39 is 5.41 Å². The van der Waals surface area contributed by atoms with E-state index in [-0.39, 0.29) is 35.4 Å². The maximum atomic E-state index is 12.9. The van der Waals surface area contributed by atoms with Crippen molar-refractivity contribution in [1.82, 2.24) is 0 Å². The van der Waals surface area contributed by atoms with Crippen LogP contribution in [0.5, 0.6) is 0 Å². The highest BCUT2D eigenvalue weighted by molar-refractivity contribution is 5.99. The third-order valence-corrected chi connectivity index (χ3v) is 8.01. The van der Waals surface area contributed by atoms with Crippen molar-refractivity contribution < 1.29 is 14.7 Å². The van der Waals surface area contributed by atoms with Crippen LogP contribution in [-0.2, 0) is 9.59 Å². The monoisotopic (exact) mass is 316 g/mol. The third-order valence-electron chi connectivity index (χ3n) is 8.01. The molecule has 4 rings (SSSR count). The van der Waals surface area contributed by atoms with E-state index in [1.165, 1.54) is 0 Å². The minimum absolute atomic E-state index is 0.0269. The number of Topliss-reactive ketones (excluding diaryl/α,β-unsaturated/α-hetero) is 2. The Hall–Kier alpha value is -0.960. The van der Waals surface area contributed by atoms with Crippen LogP contribution in [0.1, 0.15) is 52.4 Å². The van der Waals surface area contributed by atoms with Crippen LogP contribution in [-0.4, -0.2) is 23.3 Å². The molecule has 0 amide bonds. The number of carbonyl (C=O) groups is 2. The fraction of sp³-hybridized carbons (Fsp3) is 0.800. The number of allylic oxidation sites excluding steroid dienone is 2. The molecule has 0 saturated heterocycles. The summed E-state index contributed by atoms with van der Waals surface area (Å²) in [6.45, 7) is 4.45. The lowest BCUT2D eigenvalue weighted by Crippen LogP contribution is -2.61. The Balaban J connectivity index is 1.77. The first-order valence-electron chi connectivity index (χ1n) is 9.26. The van der Waals surface area contributed by atoms with Crippen molar-refractivity contribution in [3.05, 3.63) is 12.2 Å². The Kier molecular flexibility index (Phi) is 3.39. The average Bonchev–Trinajstić information content (AvgIpc) is 2.92. The number of aliphatic hydroxyl groups is 1. The number of hydrogen-bond acceptors (Lipinski definition) is 3. The van der Waals surface area contributed by atoms with Gasteiger partial charge in [-0.1, -0.05) is 26.0 Å². The van der Waals surface area contributed by atoms with E-state index in [0.717, 1.165) is 25.7 Å². The summed E-state index contributed by atoms with van der Waals surface area (Å²) >= 11 is 0. The van der Waals surface area contributed by atoms with Crippen molar-refractivity contribution in [3.63, 3.8) is 0 Å². The van der Waals surface area contributed by atoms with E-state index in [0.29, 0.717) is 30.6 Å². The van der Waals surface area contributed by atoms with Gasteiger partial charge in [-0.05, 0) is 54.8 Å². The molecule has 23 heavy (non-hydrogen) atoms. The molecule has 3 saturated carbocycles. The number of hydrogen-bond donors (Lipinski definition) is 1. The number of rotatable bonds is 1. The largest absolute Gasteiger partial charge is 0.396 e. The Bertz CT molecular complexity index is 579. The third kappa shape index (κ3) is 1.92. The molecule has 0 bridgehead atoms. The Morgan fingerprint density at radius 2 is 2.00 bits per heavy atom. The molecule has 3 heteroatoms. The van der Waals surface area contributed by atoms with Gasteiger partial charge in [0.2, 0.25) is 0 Å². The van der Waals surface area contributed by atoms with Crippen LogP contribution in [0.15, 0.2) is 12.2 Å². The SMILES string of the molecule is C[C@@]12C=CC[C@H]1[C@@H]1CC(CO)C3C(=O)CCC(=O)[C@]3(C)[C@H]1CC2. The van der Waals surface area contributed by atoms with Gasteiger partial charge < -0.3 is 5.11 Å². The molecular weight excluding hydrogens is 288 g/mol. The number of ketones is 2.